The minimum absolute atomic E-state index is 0.194. The predicted molar refractivity (Wildman–Crippen MR) is 130 cm³/mol. The number of rotatable bonds is 13. The molecule has 0 spiro atoms. The average molecular weight is 484 g/mol. The summed E-state index contributed by atoms with van der Waals surface area (Å²) in [5.41, 5.74) is 1.70. The number of likely N-dealkylation sites (N-methyl/N-ethyl adjacent to an activating group) is 1. The summed E-state index contributed by atoms with van der Waals surface area (Å²) in [6.07, 6.45) is -0.0174. The van der Waals surface area contributed by atoms with Crippen LogP contribution in [-0.4, -0.2) is 86.3 Å². The maximum atomic E-state index is 13.4. The van der Waals surface area contributed by atoms with Crippen LogP contribution in [0, 0.1) is 0 Å². The number of amides is 2. The monoisotopic (exact) mass is 483 g/mol. The highest BCUT2D eigenvalue weighted by Gasteiger charge is 2.38. The van der Waals surface area contributed by atoms with Crippen LogP contribution in [0.4, 0.5) is 0 Å². The Hall–Kier alpha value is -3.27. The van der Waals surface area contributed by atoms with Gasteiger partial charge in [0.05, 0.1) is 26.4 Å². The van der Waals surface area contributed by atoms with Crippen molar-refractivity contribution in [3.8, 4) is 5.75 Å². The third-order valence-electron chi connectivity index (χ3n) is 5.92. The molecule has 188 valence electrons. The first-order valence-electron chi connectivity index (χ1n) is 11.5. The molecule has 0 saturated carbocycles. The van der Waals surface area contributed by atoms with Crippen molar-refractivity contribution in [2.45, 2.75) is 37.1 Å². The van der Waals surface area contributed by atoms with Gasteiger partial charge in [-0.15, -0.1) is 0 Å². The lowest BCUT2D eigenvalue weighted by atomic mass is 9.99. The highest BCUT2D eigenvalue weighted by molar-refractivity contribution is 5.96. The summed E-state index contributed by atoms with van der Waals surface area (Å²) in [6, 6.07) is 14.0. The van der Waals surface area contributed by atoms with E-state index in [0.29, 0.717) is 18.8 Å². The van der Waals surface area contributed by atoms with E-state index in [4.69, 9.17) is 9.47 Å². The number of carbonyl (C=O) groups is 3. The molecule has 0 aromatic heterocycles. The van der Waals surface area contributed by atoms with Gasteiger partial charge >= 0.3 is 0 Å². The lowest BCUT2D eigenvalue weighted by molar-refractivity contribution is -0.133. The van der Waals surface area contributed by atoms with Gasteiger partial charge in [0.15, 0.2) is 5.78 Å². The summed E-state index contributed by atoms with van der Waals surface area (Å²) >= 11 is 0. The molecule has 0 bridgehead atoms. The Kier molecular flexibility index (Phi) is 9.36. The Morgan fingerprint density at radius 3 is 2.09 bits per heavy atom. The van der Waals surface area contributed by atoms with Crippen molar-refractivity contribution in [2.24, 2.45) is 0 Å². The van der Waals surface area contributed by atoms with Crippen LogP contribution in [0.25, 0.3) is 0 Å². The minimum atomic E-state index is -0.962. The van der Waals surface area contributed by atoms with Gasteiger partial charge in [-0.2, -0.15) is 0 Å². The second-order valence-electron chi connectivity index (χ2n) is 8.75. The first kappa shape index (κ1) is 26.3. The number of hydrogen-bond acceptors (Lipinski definition) is 7. The van der Waals surface area contributed by atoms with Crippen molar-refractivity contribution in [1.82, 2.24) is 15.5 Å². The molecule has 2 amide bonds. The van der Waals surface area contributed by atoms with Crippen molar-refractivity contribution in [2.75, 3.05) is 34.4 Å². The second kappa shape index (κ2) is 12.4. The quantitative estimate of drug-likeness (QED) is 0.352. The highest BCUT2D eigenvalue weighted by atomic mass is 16.6. The molecule has 3 rings (SSSR count). The Morgan fingerprint density at radius 2 is 1.54 bits per heavy atom. The molecule has 1 aliphatic rings. The van der Waals surface area contributed by atoms with Gasteiger partial charge in [-0.1, -0.05) is 42.5 Å². The Morgan fingerprint density at radius 1 is 0.971 bits per heavy atom. The van der Waals surface area contributed by atoms with Crippen molar-refractivity contribution in [1.29, 1.82) is 0 Å². The number of methoxy groups -OCH3 is 1. The number of aliphatic hydroxyl groups is 1. The van der Waals surface area contributed by atoms with Gasteiger partial charge < -0.3 is 25.2 Å². The number of Topliss-reactive ketones (excluding diaryl/α,β-unsaturated/α-hetero) is 1. The van der Waals surface area contributed by atoms with Gasteiger partial charge in [-0.05, 0) is 43.8 Å². The van der Waals surface area contributed by atoms with Crippen LogP contribution in [0.1, 0.15) is 11.1 Å². The lowest BCUT2D eigenvalue weighted by Crippen LogP contribution is -2.57. The van der Waals surface area contributed by atoms with E-state index in [1.165, 1.54) is 0 Å². The molecule has 0 radical (unpaired) electrons. The average Bonchev–Trinajstić information content (AvgIpc) is 3.69. The molecule has 9 heteroatoms. The molecule has 0 aliphatic carbocycles. The molecular formula is C26H33N3O6. The van der Waals surface area contributed by atoms with E-state index in [2.05, 4.69) is 10.6 Å². The standard InChI is InChI=1S/C26H33N3O6/c1-29(2)22(15-30)26(33)28-21(14-18-9-11-19(34-3)12-10-18)25(32)27-20(24(31)23-16-35-23)13-17-7-5-4-6-8-17/h4-12,20-23,30H,13-16H2,1-3H3,(H,27,32)(H,28,33)/t20-,21-,22-,23+/m0/s1. The van der Waals surface area contributed by atoms with Crippen LogP contribution in [0.5, 0.6) is 5.75 Å². The first-order chi connectivity index (χ1) is 16.8. The van der Waals surface area contributed by atoms with Gasteiger partial charge in [0.2, 0.25) is 11.8 Å². The van der Waals surface area contributed by atoms with Gasteiger partial charge in [0.1, 0.15) is 23.9 Å². The van der Waals surface area contributed by atoms with Gasteiger partial charge in [-0.3, -0.25) is 19.3 Å². The molecule has 9 nitrogen and oxygen atoms in total. The van der Waals surface area contributed by atoms with E-state index in [-0.39, 0.29) is 12.2 Å². The summed E-state index contributed by atoms with van der Waals surface area (Å²) in [5, 5.41) is 15.2. The molecule has 2 aromatic rings. The summed E-state index contributed by atoms with van der Waals surface area (Å²) in [6.45, 7) is -0.0587. The molecule has 1 fully saturated rings. The molecule has 2 aromatic carbocycles. The maximum absolute atomic E-state index is 13.4. The van der Waals surface area contributed by atoms with Crippen molar-refractivity contribution >= 4 is 17.6 Å². The topological polar surface area (TPSA) is 120 Å². The van der Waals surface area contributed by atoms with Crippen LogP contribution in [-0.2, 0) is 32.0 Å². The number of carbonyl (C=O) groups excluding carboxylic acids is 3. The van der Waals surface area contributed by atoms with E-state index in [0.717, 1.165) is 11.1 Å². The zero-order chi connectivity index (χ0) is 25.4. The van der Waals surface area contributed by atoms with E-state index < -0.39 is 42.7 Å². The fourth-order valence-electron chi connectivity index (χ4n) is 3.74. The molecule has 3 N–H and O–H groups in total. The number of nitrogens with zero attached hydrogens (tertiary/aromatic N) is 1. The smallest absolute Gasteiger partial charge is 0.243 e. The Labute approximate surface area is 205 Å². The highest BCUT2D eigenvalue weighted by Crippen LogP contribution is 2.16. The number of benzene rings is 2. The summed E-state index contributed by atoms with van der Waals surface area (Å²) in [7, 11) is 4.90. The number of aliphatic hydroxyl groups excluding tert-OH is 1. The molecular weight excluding hydrogens is 450 g/mol. The number of ether oxygens (including phenoxy) is 2. The molecule has 35 heavy (non-hydrogen) atoms. The number of epoxide rings is 1. The van der Waals surface area contributed by atoms with E-state index in [9.17, 15) is 19.5 Å². The van der Waals surface area contributed by atoms with E-state index in [1.807, 2.05) is 42.5 Å². The Balaban J connectivity index is 1.80. The van der Waals surface area contributed by atoms with Gasteiger partial charge in [0, 0.05) is 6.42 Å². The number of ketones is 1. The van der Waals surface area contributed by atoms with Crippen LogP contribution in [0.15, 0.2) is 54.6 Å². The predicted octanol–water partition coefficient (Wildman–Crippen LogP) is 0.340. The summed E-state index contributed by atoms with van der Waals surface area (Å²) < 4.78 is 10.4. The maximum Gasteiger partial charge on any atom is 0.243 e. The number of nitrogens with one attached hydrogen (secondary N) is 2. The summed E-state index contributed by atoms with van der Waals surface area (Å²) in [5.74, 6) is -0.495. The number of hydrogen-bond donors (Lipinski definition) is 3. The molecule has 4 atom stereocenters. The minimum Gasteiger partial charge on any atom is -0.497 e. The summed E-state index contributed by atoms with van der Waals surface area (Å²) in [4.78, 5) is 40.7. The van der Waals surface area contributed by atoms with Crippen LogP contribution >= 0.6 is 0 Å². The van der Waals surface area contributed by atoms with Crippen molar-refractivity contribution in [3.63, 3.8) is 0 Å². The Bertz CT molecular complexity index is 992. The largest absolute Gasteiger partial charge is 0.497 e. The fraction of sp³-hybridized carbons (Fsp3) is 0.423. The fourth-order valence-corrected chi connectivity index (χ4v) is 3.74. The van der Waals surface area contributed by atoms with Crippen LogP contribution in [0.3, 0.4) is 0 Å². The molecule has 1 heterocycles. The van der Waals surface area contributed by atoms with Gasteiger partial charge in [-0.25, -0.2) is 0 Å². The third-order valence-corrected chi connectivity index (χ3v) is 5.92. The zero-order valence-corrected chi connectivity index (χ0v) is 20.3. The van der Waals surface area contributed by atoms with Crippen molar-refractivity contribution in [3.05, 3.63) is 65.7 Å². The first-order valence-corrected chi connectivity index (χ1v) is 11.5. The molecule has 1 saturated heterocycles. The van der Waals surface area contributed by atoms with Crippen molar-refractivity contribution < 1.29 is 29.0 Å². The molecule has 0 unspecified atom stereocenters. The van der Waals surface area contributed by atoms with Crippen LogP contribution < -0.4 is 15.4 Å². The second-order valence-corrected chi connectivity index (χ2v) is 8.75. The SMILES string of the molecule is COc1ccc(C[C@H](NC(=O)[C@H](CO)N(C)C)C(=O)N[C@@H](Cc2ccccc2)C(=O)[C@H]2CO2)cc1. The van der Waals surface area contributed by atoms with Gasteiger partial charge in [0.25, 0.3) is 0 Å². The van der Waals surface area contributed by atoms with E-state index >= 15 is 0 Å². The zero-order valence-electron chi connectivity index (χ0n) is 20.3. The van der Waals surface area contributed by atoms with Crippen LogP contribution in [0.2, 0.25) is 0 Å². The lowest BCUT2D eigenvalue weighted by Gasteiger charge is -2.26. The third kappa shape index (κ3) is 7.61. The van der Waals surface area contributed by atoms with E-state index in [1.54, 1.807) is 38.2 Å². The normalized spacial score (nSPS) is 17.2. The molecule has 1 aliphatic heterocycles.